The van der Waals surface area contributed by atoms with E-state index in [0.29, 0.717) is 5.56 Å². The summed E-state index contributed by atoms with van der Waals surface area (Å²) in [6, 6.07) is 10.7. The van der Waals surface area contributed by atoms with Crippen LogP contribution in [0.2, 0.25) is 0 Å². The third-order valence-electron chi connectivity index (χ3n) is 2.91. The summed E-state index contributed by atoms with van der Waals surface area (Å²) in [7, 11) is 0. The number of esters is 1. The van der Waals surface area contributed by atoms with Crippen LogP contribution in [0, 0.1) is 0 Å². The lowest BCUT2D eigenvalue weighted by Gasteiger charge is -2.10. The van der Waals surface area contributed by atoms with Gasteiger partial charge in [-0.3, -0.25) is 4.79 Å². The molecule has 2 aromatic carbocycles. The Morgan fingerprint density at radius 3 is 2.38 bits per heavy atom. The molecule has 0 saturated carbocycles. The minimum Gasteiger partial charge on any atom is -0.491 e. The quantitative estimate of drug-likeness (QED) is 0.480. The van der Waals surface area contributed by atoms with Crippen molar-refractivity contribution in [1.82, 2.24) is 0 Å². The standard InChI is InChI=1S/C17H18O4/c1-4-20-17(19)16(18)14-6-5-13-10-15(21-11(2)3)8-7-12(13)9-14/h5-11H,4H2,1-3H3. The van der Waals surface area contributed by atoms with Gasteiger partial charge in [0.2, 0.25) is 0 Å². The Morgan fingerprint density at radius 1 is 1.05 bits per heavy atom. The van der Waals surface area contributed by atoms with Crippen LogP contribution in [0.15, 0.2) is 36.4 Å². The number of hydrogen-bond donors (Lipinski definition) is 0. The molecule has 0 spiro atoms. The van der Waals surface area contributed by atoms with Gasteiger partial charge in [0, 0.05) is 5.56 Å². The molecule has 0 N–H and O–H groups in total. The van der Waals surface area contributed by atoms with Gasteiger partial charge in [0.1, 0.15) is 5.75 Å². The van der Waals surface area contributed by atoms with Crippen LogP contribution < -0.4 is 4.74 Å². The first kappa shape index (κ1) is 15.0. The number of hydrogen-bond acceptors (Lipinski definition) is 4. The average Bonchev–Trinajstić information content (AvgIpc) is 2.45. The molecule has 0 fully saturated rings. The third-order valence-corrected chi connectivity index (χ3v) is 2.91. The molecule has 0 aliphatic rings. The normalized spacial score (nSPS) is 10.7. The van der Waals surface area contributed by atoms with Crippen LogP contribution in [0.25, 0.3) is 10.8 Å². The molecule has 110 valence electrons. The number of Topliss-reactive ketones (excluding diaryl/α,β-unsaturated/α-hetero) is 1. The van der Waals surface area contributed by atoms with E-state index in [1.807, 2.05) is 32.0 Å². The summed E-state index contributed by atoms with van der Waals surface area (Å²) >= 11 is 0. The highest BCUT2D eigenvalue weighted by Crippen LogP contribution is 2.23. The molecule has 2 aromatic rings. The van der Waals surface area contributed by atoms with Crippen LogP contribution in [-0.4, -0.2) is 24.5 Å². The Morgan fingerprint density at radius 2 is 1.71 bits per heavy atom. The van der Waals surface area contributed by atoms with Gasteiger partial charge in [-0.05, 0) is 49.7 Å². The molecule has 4 nitrogen and oxygen atoms in total. The summed E-state index contributed by atoms with van der Waals surface area (Å²) in [5.41, 5.74) is 0.332. The highest BCUT2D eigenvalue weighted by molar-refractivity contribution is 6.40. The van der Waals surface area contributed by atoms with E-state index < -0.39 is 11.8 Å². The zero-order valence-electron chi connectivity index (χ0n) is 12.4. The maximum absolute atomic E-state index is 11.9. The second kappa shape index (κ2) is 6.39. The molecular weight excluding hydrogens is 268 g/mol. The number of ketones is 1. The minimum absolute atomic E-state index is 0.104. The molecule has 4 heteroatoms. The van der Waals surface area contributed by atoms with Crippen molar-refractivity contribution < 1.29 is 19.1 Å². The van der Waals surface area contributed by atoms with Crippen molar-refractivity contribution in [3.05, 3.63) is 42.0 Å². The lowest BCUT2D eigenvalue weighted by atomic mass is 10.0. The monoisotopic (exact) mass is 286 g/mol. The predicted octanol–water partition coefficient (Wildman–Crippen LogP) is 3.37. The number of ether oxygens (including phenoxy) is 2. The van der Waals surface area contributed by atoms with Crippen molar-refractivity contribution in [2.24, 2.45) is 0 Å². The van der Waals surface area contributed by atoms with E-state index in [2.05, 4.69) is 0 Å². The topological polar surface area (TPSA) is 52.6 Å². The fraction of sp³-hybridized carbons (Fsp3) is 0.294. The largest absolute Gasteiger partial charge is 0.491 e. The maximum Gasteiger partial charge on any atom is 0.379 e. The Labute approximate surface area is 123 Å². The van der Waals surface area contributed by atoms with E-state index in [1.165, 1.54) is 0 Å². The maximum atomic E-state index is 11.9. The van der Waals surface area contributed by atoms with Gasteiger partial charge in [-0.1, -0.05) is 18.2 Å². The van der Waals surface area contributed by atoms with Gasteiger partial charge < -0.3 is 9.47 Å². The van der Waals surface area contributed by atoms with E-state index in [-0.39, 0.29) is 12.7 Å². The smallest absolute Gasteiger partial charge is 0.379 e. The minimum atomic E-state index is -0.823. The van der Waals surface area contributed by atoms with Gasteiger partial charge in [-0.25, -0.2) is 4.79 Å². The number of carbonyl (C=O) groups is 2. The fourth-order valence-electron chi connectivity index (χ4n) is 2.03. The molecule has 21 heavy (non-hydrogen) atoms. The Hall–Kier alpha value is -2.36. The van der Waals surface area contributed by atoms with E-state index in [0.717, 1.165) is 16.5 Å². The molecule has 0 radical (unpaired) electrons. The first-order chi connectivity index (χ1) is 10.0. The molecule has 2 rings (SSSR count). The zero-order chi connectivity index (χ0) is 15.4. The summed E-state index contributed by atoms with van der Waals surface area (Å²) in [5.74, 6) is -0.667. The lowest BCUT2D eigenvalue weighted by Crippen LogP contribution is -2.17. The van der Waals surface area contributed by atoms with Crippen molar-refractivity contribution in [2.75, 3.05) is 6.61 Å². The van der Waals surface area contributed by atoms with E-state index in [9.17, 15) is 9.59 Å². The Balaban J connectivity index is 2.30. The van der Waals surface area contributed by atoms with Crippen LogP contribution in [0.3, 0.4) is 0 Å². The molecule has 0 aromatic heterocycles. The van der Waals surface area contributed by atoms with Gasteiger partial charge in [0.05, 0.1) is 12.7 Å². The third kappa shape index (κ3) is 3.60. The van der Waals surface area contributed by atoms with Crippen molar-refractivity contribution in [3.63, 3.8) is 0 Å². The Bertz CT molecular complexity index is 674. The summed E-state index contributed by atoms with van der Waals surface area (Å²) in [6.45, 7) is 5.78. The van der Waals surface area contributed by atoms with Crippen LogP contribution >= 0.6 is 0 Å². The molecule has 0 atom stereocenters. The number of carbonyl (C=O) groups excluding carboxylic acids is 2. The van der Waals surface area contributed by atoms with Gasteiger partial charge in [-0.2, -0.15) is 0 Å². The summed E-state index contributed by atoms with van der Waals surface area (Å²) < 4.78 is 10.4. The highest BCUT2D eigenvalue weighted by Gasteiger charge is 2.17. The zero-order valence-corrected chi connectivity index (χ0v) is 12.4. The van der Waals surface area contributed by atoms with Gasteiger partial charge in [0.15, 0.2) is 0 Å². The molecule has 0 bridgehead atoms. The molecule has 0 aliphatic heterocycles. The molecule has 0 amide bonds. The van der Waals surface area contributed by atoms with E-state index in [4.69, 9.17) is 9.47 Å². The lowest BCUT2D eigenvalue weighted by molar-refractivity contribution is -0.137. The van der Waals surface area contributed by atoms with E-state index >= 15 is 0 Å². The van der Waals surface area contributed by atoms with Crippen LogP contribution in [-0.2, 0) is 9.53 Å². The van der Waals surface area contributed by atoms with Crippen molar-refractivity contribution in [1.29, 1.82) is 0 Å². The average molecular weight is 286 g/mol. The van der Waals surface area contributed by atoms with Crippen molar-refractivity contribution >= 4 is 22.5 Å². The van der Waals surface area contributed by atoms with Crippen molar-refractivity contribution in [3.8, 4) is 5.75 Å². The number of rotatable bonds is 5. The van der Waals surface area contributed by atoms with Crippen molar-refractivity contribution in [2.45, 2.75) is 26.9 Å². The SMILES string of the molecule is CCOC(=O)C(=O)c1ccc2cc(OC(C)C)ccc2c1. The van der Waals surface area contributed by atoms with Gasteiger partial charge >= 0.3 is 5.97 Å². The van der Waals surface area contributed by atoms with Crippen LogP contribution in [0.1, 0.15) is 31.1 Å². The summed E-state index contributed by atoms with van der Waals surface area (Å²) in [5, 5.41) is 1.83. The number of fused-ring (bicyclic) bond motifs is 1. The van der Waals surface area contributed by atoms with E-state index in [1.54, 1.807) is 25.1 Å². The van der Waals surface area contributed by atoms with Crippen LogP contribution in [0.5, 0.6) is 5.75 Å². The summed E-state index contributed by atoms with van der Waals surface area (Å²) in [6.07, 6.45) is 0.104. The second-order valence-electron chi connectivity index (χ2n) is 4.94. The number of benzene rings is 2. The first-order valence-electron chi connectivity index (χ1n) is 6.93. The van der Waals surface area contributed by atoms with Gasteiger partial charge in [-0.15, -0.1) is 0 Å². The molecule has 0 heterocycles. The molecule has 0 saturated heterocycles. The van der Waals surface area contributed by atoms with Crippen LogP contribution in [0.4, 0.5) is 0 Å². The fourth-order valence-corrected chi connectivity index (χ4v) is 2.03. The molecular formula is C17H18O4. The molecule has 0 aliphatic carbocycles. The summed E-state index contributed by atoms with van der Waals surface area (Å²) in [4.78, 5) is 23.4. The predicted molar refractivity (Wildman–Crippen MR) is 80.7 cm³/mol. The second-order valence-corrected chi connectivity index (χ2v) is 4.94. The van der Waals surface area contributed by atoms with Gasteiger partial charge in [0.25, 0.3) is 5.78 Å². The highest BCUT2D eigenvalue weighted by atomic mass is 16.5. The first-order valence-corrected chi connectivity index (χ1v) is 6.93. The molecule has 0 unspecified atom stereocenters. The Kier molecular flexibility index (Phi) is 4.58.